The minimum Gasteiger partial charge on any atom is -0.455 e. The van der Waals surface area contributed by atoms with E-state index < -0.39 is 29.1 Å². The maximum Gasteiger partial charge on any atom is 0.321 e. The number of hydrogen-bond donors (Lipinski definition) is 1. The van der Waals surface area contributed by atoms with E-state index in [0.717, 1.165) is 11.3 Å². The van der Waals surface area contributed by atoms with Gasteiger partial charge >= 0.3 is 5.97 Å². The predicted octanol–water partition coefficient (Wildman–Crippen LogP) is 2.01. The Morgan fingerprint density at radius 1 is 1.15 bits per heavy atom. The minimum atomic E-state index is -3.75. The summed E-state index contributed by atoms with van der Waals surface area (Å²) in [6.07, 6.45) is 0. The Kier molecular flexibility index (Phi) is 6.90. The first kappa shape index (κ1) is 20.1. The van der Waals surface area contributed by atoms with E-state index in [1.54, 1.807) is 23.6 Å². The second-order valence-electron chi connectivity index (χ2n) is 5.61. The van der Waals surface area contributed by atoms with Crippen LogP contribution in [0.2, 0.25) is 0 Å². The SMILES string of the molecule is CC(C)N(C(=O)COC(=O)CNS(=O)(=O)c1cccs1)c1ccccc1. The molecule has 0 aliphatic heterocycles. The van der Waals surface area contributed by atoms with Crippen LogP contribution in [-0.2, 0) is 24.3 Å². The van der Waals surface area contributed by atoms with Gasteiger partial charge in [-0.25, -0.2) is 8.42 Å². The summed E-state index contributed by atoms with van der Waals surface area (Å²) in [6.45, 7) is 2.69. The first-order valence-corrected chi connectivity index (χ1v) is 10.2. The number of thiophene rings is 1. The van der Waals surface area contributed by atoms with E-state index in [9.17, 15) is 18.0 Å². The monoisotopic (exact) mass is 396 g/mol. The number of esters is 1. The van der Waals surface area contributed by atoms with Crippen molar-refractivity contribution in [3.05, 3.63) is 47.8 Å². The van der Waals surface area contributed by atoms with Crippen molar-refractivity contribution in [2.45, 2.75) is 24.1 Å². The highest BCUT2D eigenvalue weighted by Gasteiger charge is 2.21. The number of rotatable bonds is 8. The van der Waals surface area contributed by atoms with Crippen LogP contribution in [0.5, 0.6) is 0 Å². The van der Waals surface area contributed by atoms with Crippen LogP contribution in [0, 0.1) is 0 Å². The van der Waals surface area contributed by atoms with E-state index >= 15 is 0 Å². The molecule has 0 fully saturated rings. The van der Waals surface area contributed by atoms with E-state index in [4.69, 9.17) is 4.74 Å². The largest absolute Gasteiger partial charge is 0.455 e. The van der Waals surface area contributed by atoms with Crippen molar-refractivity contribution in [2.24, 2.45) is 0 Å². The van der Waals surface area contributed by atoms with Crippen molar-refractivity contribution in [3.8, 4) is 0 Å². The fraction of sp³-hybridized carbons (Fsp3) is 0.294. The number of carbonyl (C=O) groups excluding carboxylic acids is 2. The van der Waals surface area contributed by atoms with Gasteiger partial charge in [0.15, 0.2) is 6.61 Å². The lowest BCUT2D eigenvalue weighted by Crippen LogP contribution is -2.40. The number of nitrogens with zero attached hydrogens (tertiary/aromatic N) is 1. The number of carbonyl (C=O) groups is 2. The molecule has 0 aliphatic carbocycles. The zero-order valence-electron chi connectivity index (χ0n) is 14.4. The van der Waals surface area contributed by atoms with Crippen LogP contribution in [0.4, 0.5) is 5.69 Å². The Morgan fingerprint density at radius 2 is 1.85 bits per heavy atom. The molecule has 0 saturated heterocycles. The number of sulfonamides is 1. The Labute approximate surface area is 156 Å². The molecule has 1 aromatic heterocycles. The summed E-state index contributed by atoms with van der Waals surface area (Å²) >= 11 is 1.04. The molecule has 0 atom stereocenters. The molecule has 1 amide bonds. The average Bonchev–Trinajstić information content (AvgIpc) is 3.14. The van der Waals surface area contributed by atoms with E-state index in [2.05, 4.69) is 4.72 Å². The van der Waals surface area contributed by atoms with E-state index in [1.165, 1.54) is 11.0 Å². The number of para-hydroxylation sites is 1. The molecule has 0 aliphatic rings. The van der Waals surface area contributed by atoms with Crippen molar-refractivity contribution in [1.82, 2.24) is 4.72 Å². The molecule has 1 heterocycles. The van der Waals surface area contributed by atoms with Crippen molar-refractivity contribution < 1.29 is 22.7 Å². The van der Waals surface area contributed by atoms with E-state index in [-0.39, 0.29) is 16.2 Å². The number of benzene rings is 1. The van der Waals surface area contributed by atoms with Crippen LogP contribution >= 0.6 is 11.3 Å². The lowest BCUT2D eigenvalue weighted by molar-refractivity contribution is -0.146. The summed E-state index contributed by atoms with van der Waals surface area (Å²) in [5.74, 6) is -1.21. The number of amides is 1. The summed E-state index contributed by atoms with van der Waals surface area (Å²) in [5, 5.41) is 1.62. The molecule has 0 unspecified atom stereocenters. The second-order valence-corrected chi connectivity index (χ2v) is 8.55. The van der Waals surface area contributed by atoms with Gasteiger partial charge in [0.2, 0.25) is 0 Å². The van der Waals surface area contributed by atoms with Crippen LogP contribution in [0.25, 0.3) is 0 Å². The fourth-order valence-corrected chi connectivity index (χ4v) is 4.23. The molecule has 26 heavy (non-hydrogen) atoms. The van der Waals surface area contributed by atoms with Gasteiger partial charge in [0, 0.05) is 11.7 Å². The average molecular weight is 396 g/mol. The molecule has 2 rings (SSSR count). The summed E-state index contributed by atoms with van der Waals surface area (Å²) in [4.78, 5) is 25.7. The topological polar surface area (TPSA) is 92.8 Å². The molecule has 0 saturated carbocycles. The summed E-state index contributed by atoms with van der Waals surface area (Å²) in [6, 6.07) is 11.9. The molecular weight excluding hydrogens is 376 g/mol. The Balaban J connectivity index is 1.89. The molecule has 140 valence electrons. The Morgan fingerprint density at radius 3 is 2.42 bits per heavy atom. The third-order valence-corrected chi connectivity index (χ3v) is 6.14. The summed E-state index contributed by atoms with van der Waals surface area (Å²) < 4.78 is 31.0. The lowest BCUT2D eigenvalue weighted by atomic mass is 10.2. The van der Waals surface area contributed by atoms with Crippen LogP contribution in [0.1, 0.15) is 13.8 Å². The number of ether oxygens (including phenoxy) is 1. The minimum absolute atomic E-state index is 0.108. The first-order chi connectivity index (χ1) is 12.3. The van der Waals surface area contributed by atoms with Gasteiger partial charge in [0.05, 0.1) is 0 Å². The van der Waals surface area contributed by atoms with Gasteiger partial charge in [0.25, 0.3) is 15.9 Å². The van der Waals surface area contributed by atoms with E-state index in [1.807, 2.05) is 32.0 Å². The molecule has 0 bridgehead atoms. The fourth-order valence-electron chi connectivity index (χ4n) is 2.22. The molecule has 0 spiro atoms. The molecule has 7 nitrogen and oxygen atoms in total. The number of anilines is 1. The predicted molar refractivity (Wildman–Crippen MR) is 99.5 cm³/mol. The van der Waals surface area contributed by atoms with Gasteiger partial charge in [-0.05, 0) is 37.4 Å². The third-order valence-electron chi connectivity index (χ3n) is 3.34. The van der Waals surface area contributed by atoms with Crippen LogP contribution < -0.4 is 9.62 Å². The quantitative estimate of drug-likeness (QED) is 0.689. The van der Waals surface area contributed by atoms with Gasteiger partial charge in [-0.1, -0.05) is 24.3 Å². The summed E-state index contributed by atoms with van der Waals surface area (Å²) in [5.41, 5.74) is 0.696. The third kappa shape index (κ3) is 5.38. The van der Waals surface area contributed by atoms with Crippen LogP contribution in [0.3, 0.4) is 0 Å². The molecule has 9 heteroatoms. The molecule has 2 aromatic rings. The van der Waals surface area contributed by atoms with Gasteiger partial charge in [-0.3, -0.25) is 9.59 Å². The van der Waals surface area contributed by atoms with Gasteiger partial charge in [0.1, 0.15) is 10.8 Å². The Hall–Kier alpha value is -2.23. The maximum absolute atomic E-state index is 12.4. The highest BCUT2D eigenvalue weighted by atomic mass is 32.2. The number of nitrogens with one attached hydrogen (secondary N) is 1. The Bertz CT molecular complexity index is 833. The van der Waals surface area contributed by atoms with Crippen molar-refractivity contribution in [1.29, 1.82) is 0 Å². The van der Waals surface area contributed by atoms with Gasteiger partial charge < -0.3 is 9.64 Å². The smallest absolute Gasteiger partial charge is 0.321 e. The van der Waals surface area contributed by atoms with Gasteiger partial charge in [-0.2, -0.15) is 4.72 Å². The first-order valence-electron chi connectivity index (χ1n) is 7.87. The summed E-state index contributed by atoms with van der Waals surface area (Å²) in [7, 11) is -3.75. The molecular formula is C17H20N2O5S2. The van der Waals surface area contributed by atoms with Crippen LogP contribution in [-0.4, -0.2) is 39.5 Å². The van der Waals surface area contributed by atoms with Crippen molar-refractivity contribution in [2.75, 3.05) is 18.1 Å². The molecule has 0 radical (unpaired) electrons. The van der Waals surface area contributed by atoms with Crippen molar-refractivity contribution in [3.63, 3.8) is 0 Å². The lowest BCUT2D eigenvalue weighted by Gasteiger charge is -2.26. The van der Waals surface area contributed by atoms with Crippen molar-refractivity contribution >= 4 is 38.9 Å². The highest BCUT2D eigenvalue weighted by Crippen LogP contribution is 2.17. The molecule has 1 aromatic carbocycles. The maximum atomic E-state index is 12.4. The zero-order valence-corrected chi connectivity index (χ0v) is 16.0. The number of hydrogen-bond acceptors (Lipinski definition) is 6. The van der Waals surface area contributed by atoms with E-state index in [0.29, 0.717) is 5.69 Å². The normalized spacial score (nSPS) is 11.3. The molecule has 1 N–H and O–H groups in total. The zero-order chi connectivity index (χ0) is 19.2. The standard InChI is InChI=1S/C17H20N2O5S2/c1-13(2)19(14-7-4-3-5-8-14)15(20)12-24-16(21)11-18-26(22,23)17-9-6-10-25-17/h3-10,13,18H,11-12H2,1-2H3. The highest BCUT2D eigenvalue weighted by molar-refractivity contribution is 7.91. The van der Waals surface area contributed by atoms with Gasteiger partial charge in [-0.15, -0.1) is 11.3 Å². The second kappa shape index (κ2) is 8.93. The van der Waals surface area contributed by atoms with Crippen LogP contribution in [0.15, 0.2) is 52.1 Å².